The second-order valence-corrected chi connectivity index (χ2v) is 3.99. The van der Waals surface area contributed by atoms with E-state index in [1.807, 2.05) is 6.07 Å². The molecule has 12 heavy (non-hydrogen) atoms. The Kier molecular flexibility index (Phi) is 1.89. The summed E-state index contributed by atoms with van der Waals surface area (Å²) in [6, 6.07) is 3.68. The summed E-state index contributed by atoms with van der Waals surface area (Å²) >= 11 is 5.63. The third-order valence-electron chi connectivity index (χ3n) is 2.32. The largest absolute Gasteiger partial charge is 0.448 e. The first-order valence-corrected chi connectivity index (χ1v) is 4.55. The second-order valence-electron chi connectivity index (χ2n) is 3.62. The summed E-state index contributed by atoms with van der Waals surface area (Å²) < 4.78 is 5.21. The highest BCUT2D eigenvalue weighted by molar-refractivity contribution is 6.28. The molecule has 3 heteroatoms. The number of halogens is 1. The van der Waals surface area contributed by atoms with Gasteiger partial charge in [-0.25, -0.2) is 0 Å². The molecule has 1 aromatic heterocycles. The fourth-order valence-corrected chi connectivity index (χ4v) is 1.27. The normalized spacial score (nSPS) is 19.5. The van der Waals surface area contributed by atoms with Gasteiger partial charge in [-0.05, 0) is 43.5 Å². The van der Waals surface area contributed by atoms with Gasteiger partial charge in [0.25, 0.3) is 0 Å². The minimum Gasteiger partial charge on any atom is -0.448 e. The van der Waals surface area contributed by atoms with Crippen molar-refractivity contribution in [3.05, 3.63) is 23.1 Å². The molecule has 0 unspecified atom stereocenters. The van der Waals surface area contributed by atoms with Crippen LogP contribution in [-0.4, -0.2) is 5.54 Å². The molecule has 0 amide bonds. The number of nitrogens with one attached hydrogen (secondary N) is 1. The minimum atomic E-state index is 0.360. The van der Waals surface area contributed by atoms with E-state index in [2.05, 4.69) is 12.2 Å². The van der Waals surface area contributed by atoms with Crippen LogP contribution in [0.1, 0.15) is 25.5 Å². The van der Waals surface area contributed by atoms with Crippen molar-refractivity contribution in [1.82, 2.24) is 5.32 Å². The smallest absolute Gasteiger partial charge is 0.193 e. The van der Waals surface area contributed by atoms with Crippen molar-refractivity contribution >= 4 is 11.6 Å². The van der Waals surface area contributed by atoms with Crippen LogP contribution in [0.2, 0.25) is 5.22 Å². The lowest BCUT2D eigenvalue weighted by molar-refractivity contribution is 0.449. The predicted octanol–water partition coefficient (Wildman–Crippen LogP) is 2.58. The van der Waals surface area contributed by atoms with Gasteiger partial charge in [0.1, 0.15) is 5.76 Å². The van der Waals surface area contributed by atoms with Gasteiger partial charge >= 0.3 is 0 Å². The molecule has 0 aliphatic heterocycles. The maximum absolute atomic E-state index is 5.63. The topological polar surface area (TPSA) is 25.2 Å². The van der Waals surface area contributed by atoms with E-state index in [1.165, 1.54) is 12.8 Å². The average molecular weight is 186 g/mol. The maximum Gasteiger partial charge on any atom is 0.193 e. The molecule has 0 radical (unpaired) electrons. The molecule has 0 atom stereocenters. The Balaban J connectivity index is 1.87. The van der Waals surface area contributed by atoms with Crippen LogP contribution in [0.15, 0.2) is 16.5 Å². The first-order chi connectivity index (χ1) is 5.68. The average Bonchev–Trinajstić information content (AvgIpc) is 2.60. The minimum absolute atomic E-state index is 0.360. The van der Waals surface area contributed by atoms with Gasteiger partial charge in [-0.15, -0.1) is 0 Å². The van der Waals surface area contributed by atoms with Crippen LogP contribution < -0.4 is 5.32 Å². The van der Waals surface area contributed by atoms with Gasteiger partial charge in [0.05, 0.1) is 6.54 Å². The molecule has 2 rings (SSSR count). The Labute approximate surface area is 76.9 Å². The first kappa shape index (κ1) is 8.14. The highest BCUT2D eigenvalue weighted by Gasteiger charge is 2.36. The molecule has 1 heterocycles. The Bertz CT molecular complexity index is 278. The number of rotatable bonds is 3. The van der Waals surface area contributed by atoms with Crippen LogP contribution in [0.4, 0.5) is 0 Å². The number of hydrogen-bond donors (Lipinski definition) is 1. The predicted molar refractivity (Wildman–Crippen MR) is 48.2 cm³/mol. The molecular weight excluding hydrogens is 174 g/mol. The zero-order chi connectivity index (χ0) is 8.60. The molecule has 1 fully saturated rings. The van der Waals surface area contributed by atoms with E-state index in [1.54, 1.807) is 6.07 Å². The van der Waals surface area contributed by atoms with Crippen LogP contribution in [0, 0.1) is 0 Å². The molecule has 2 nitrogen and oxygen atoms in total. The van der Waals surface area contributed by atoms with Crippen LogP contribution in [-0.2, 0) is 6.54 Å². The lowest BCUT2D eigenvalue weighted by Gasteiger charge is -2.08. The van der Waals surface area contributed by atoms with E-state index >= 15 is 0 Å². The quantitative estimate of drug-likeness (QED) is 0.783. The highest BCUT2D eigenvalue weighted by Crippen LogP contribution is 2.34. The molecule has 0 saturated heterocycles. The summed E-state index contributed by atoms with van der Waals surface area (Å²) in [5, 5.41) is 3.88. The van der Waals surface area contributed by atoms with Gasteiger partial charge in [-0.3, -0.25) is 0 Å². The molecule has 1 aliphatic carbocycles. The van der Waals surface area contributed by atoms with E-state index in [9.17, 15) is 0 Å². The zero-order valence-electron chi connectivity index (χ0n) is 7.06. The van der Waals surface area contributed by atoms with E-state index in [4.69, 9.17) is 16.0 Å². The Morgan fingerprint density at radius 1 is 1.58 bits per heavy atom. The SMILES string of the molecule is CC1(NCc2ccc(Cl)o2)CC1. The van der Waals surface area contributed by atoms with E-state index in [-0.39, 0.29) is 0 Å². The van der Waals surface area contributed by atoms with Crippen LogP contribution in [0.25, 0.3) is 0 Å². The summed E-state index contributed by atoms with van der Waals surface area (Å²) in [5.74, 6) is 0.910. The van der Waals surface area contributed by atoms with Gasteiger partial charge in [-0.2, -0.15) is 0 Å². The summed E-state index contributed by atoms with van der Waals surface area (Å²) in [7, 11) is 0. The van der Waals surface area contributed by atoms with Gasteiger partial charge in [0.15, 0.2) is 5.22 Å². The lowest BCUT2D eigenvalue weighted by Crippen LogP contribution is -2.26. The fourth-order valence-electron chi connectivity index (χ4n) is 1.11. The molecular formula is C9H12ClNO. The highest BCUT2D eigenvalue weighted by atomic mass is 35.5. The van der Waals surface area contributed by atoms with E-state index < -0.39 is 0 Å². The summed E-state index contributed by atoms with van der Waals surface area (Å²) in [5.41, 5.74) is 0.360. The van der Waals surface area contributed by atoms with Gasteiger partial charge in [0.2, 0.25) is 0 Å². The molecule has 1 aliphatic rings. The molecule has 1 aromatic rings. The van der Waals surface area contributed by atoms with Crippen LogP contribution in [0.5, 0.6) is 0 Å². The van der Waals surface area contributed by atoms with Crippen molar-refractivity contribution in [2.75, 3.05) is 0 Å². The number of hydrogen-bond acceptors (Lipinski definition) is 2. The first-order valence-electron chi connectivity index (χ1n) is 4.17. The Morgan fingerprint density at radius 2 is 2.33 bits per heavy atom. The van der Waals surface area contributed by atoms with Crippen molar-refractivity contribution in [2.45, 2.75) is 31.8 Å². The van der Waals surface area contributed by atoms with Crippen molar-refractivity contribution < 1.29 is 4.42 Å². The van der Waals surface area contributed by atoms with E-state index in [0.29, 0.717) is 10.8 Å². The third kappa shape index (κ3) is 1.82. The summed E-state index contributed by atoms with van der Waals surface area (Å²) in [4.78, 5) is 0. The summed E-state index contributed by atoms with van der Waals surface area (Å²) in [6.45, 7) is 3.00. The lowest BCUT2D eigenvalue weighted by atomic mass is 10.3. The van der Waals surface area contributed by atoms with Crippen molar-refractivity contribution in [2.24, 2.45) is 0 Å². The van der Waals surface area contributed by atoms with Crippen molar-refractivity contribution in [1.29, 1.82) is 0 Å². The van der Waals surface area contributed by atoms with E-state index in [0.717, 1.165) is 12.3 Å². The Hall–Kier alpha value is -0.470. The molecule has 1 N–H and O–H groups in total. The van der Waals surface area contributed by atoms with Crippen LogP contribution in [0.3, 0.4) is 0 Å². The second kappa shape index (κ2) is 2.79. The molecule has 0 bridgehead atoms. The third-order valence-corrected chi connectivity index (χ3v) is 2.52. The molecule has 66 valence electrons. The maximum atomic E-state index is 5.63. The summed E-state index contributed by atoms with van der Waals surface area (Å²) in [6.07, 6.45) is 2.53. The fraction of sp³-hybridized carbons (Fsp3) is 0.556. The van der Waals surface area contributed by atoms with Gasteiger partial charge in [0, 0.05) is 5.54 Å². The van der Waals surface area contributed by atoms with Gasteiger partial charge in [-0.1, -0.05) is 0 Å². The standard InChI is InChI=1S/C9H12ClNO/c1-9(4-5-9)11-6-7-2-3-8(10)12-7/h2-3,11H,4-6H2,1H3. The van der Waals surface area contributed by atoms with Crippen LogP contribution >= 0.6 is 11.6 Å². The molecule has 0 aromatic carbocycles. The monoisotopic (exact) mass is 185 g/mol. The molecule has 1 saturated carbocycles. The zero-order valence-corrected chi connectivity index (χ0v) is 7.82. The van der Waals surface area contributed by atoms with Crippen molar-refractivity contribution in [3.8, 4) is 0 Å². The Morgan fingerprint density at radius 3 is 2.83 bits per heavy atom. The molecule has 0 spiro atoms. The van der Waals surface area contributed by atoms with Gasteiger partial charge < -0.3 is 9.73 Å². The number of furan rings is 1. The van der Waals surface area contributed by atoms with Crippen molar-refractivity contribution in [3.63, 3.8) is 0 Å².